The molecule has 2 aromatic carbocycles. The number of sulfonamides is 2. The van der Waals surface area contributed by atoms with Crippen molar-refractivity contribution in [2.75, 3.05) is 43.0 Å². The normalized spacial score (nSPS) is 20.7. The number of fused-ring (bicyclic) bond motifs is 2. The van der Waals surface area contributed by atoms with Gasteiger partial charge in [0.15, 0.2) is 0 Å². The van der Waals surface area contributed by atoms with E-state index in [-0.39, 0.29) is 34.9 Å². The van der Waals surface area contributed by atoms with Gasteiger partial charge in [0.1, 0.15) is 17.2 Å². The molecule has 5 rings (SSSR count). The second kappa shape index (κ2) is 10.2. The largest absolute Gasteiger partial charge is 0.455 e. The number of hydrogen-bond acceptors (Lipinski definition) is 7. The number of anilines is 1. The molecule has 1 aromatic heterocycles. The SMILES string of the molecule is CNC(=O)c1c(-c2ccc(F)cc2)oc2cc3c(cc12)[C@H](C)O[C@H](CS(=O)(=O)N1CCCC1)CN3S(C)(=O)=O. The highest BCUT2D eigenvalue weighted by Crippen LogP contribution is 2.42. The van der Waals surface area contributed by atoms with Crippen molar-refractivity contribution in [3.05, 3.63) is 53.3 Å². The lowest BCUT2D eigenvalue weighted by atomic mass is 10.0. The number of benzene rings is 2. The predicted molar refractivity (Wildman–Crippen MR) is 145 cm³/mol. The Kier molecular flexibility index (Phi) is 7.20. The summed E-state index contributed by atoms with van der Waals surface area (Å²) < 4.78 is 80.4. The fourth-order valence-corrected chi connectivity index (χ4v) is 7.88. The molecule has 2 aliphatic rings. The Bertz CT molecular complexity index is 1630. The summed E-state index contributed by atoms with van der Waals surface area (Å²) in [5.41, 5.74) is 1.66. The highest BCUT2D eigenvalue weighted by Gasteiger charge is 2.37. The summed E-state index contributed by atoms with van der Waals surface area (Å²) in [7, 11) is -6.04. The number of hydrogen-bond donors (Lipinski definition) is 1. The van der Waals surface area contributed by atoms with Crippen LogP contribution in [0.2, 0.25) is 0 Å². The van der Waals surface area contributed by atoms with Gasteiger partial charge in [0, 0.05) is 42.7 Å². The third kappa shape index (κ3) is 5.28. The van der Waals surface area contributed by atoms with Crippen molar-refractivity contribution in [3.63, 3.8) is 0 Å². The second-order valence-electron chi connectivity index (χ2n) is 9.88. The molecule has 0 bridgehead atoms. The zero-order valence-electron chi connectivity index (χ0n) is 21.8. The predicted octanol–water partition coefficient (Wildman–Crippen LogP) is 3.25. The van der Waals surface area contributed by atoms with E-state index in [1.54, 1.807) is 13.0 Å². The molecule has 2 atom stereocenters. The van der Waals surface area contributed by atoms with Gasteiger partial charge >= 0.3 is 0 Å². The molecule has 0 saturated carbocycles. The maximum atomic E-state index is 13.6. The van der Waals surface area contributed by atoms with Crippen molar-refractivity contribution in [1.82, 2.24) is 9.62 Å². The van der Waals surface area contributed by atoms with Crippen LogP contribution in [0.3, 0.4) is 0 Å². The average molecular weight is 580 g/mol. The maximum Gasteiger partial charge on any atom is 0.255 e. The van der Waals surface area contributed by atoms with Crippen LogP contribution in [0.1, 0.15) is 41.8 Å². The van der Waals surface area contributed by atoms with E-state index in [1.807, 2.05) is 0 Å². The molecule has 0 unspecified atom stereocenters. The van der Waals surface area contributed by atoms with Crippen LogP contribution in [-0.2, 0) is 24.8 Å². The van der Waals surface area contributed by atoms with Crippen molar-refractivity contribution in [1.29, 1.82) is 0 Å². The molecule has 3 heterocycles. The highest BCUT2D eigenvalue weighted by molar-refractivity contribution is 7.92. The minimum atomic E-state index is -3.86. The lowest BCUT2D eigenvalue weighted by Gasteiger charge is -2.26. The Hall–Kier alpha value is -3.00. The smallest absolute Gasteiger partial charge is 0.255 e. The number of halogens is 1. The fraction of sp³-hybridized carbons (Fsp3) is 0.423. The fourth-order valence-electron chi connectivity index (χ4n) is 5.25. The summed E-state index contributed by atoms with van der Waals surface area (Å²) in [4.78, 5) is 13.0. The lowest BCUT2D eigenvalue weighted by molar-refractivity contribution is 0.0188. The van der Waals surface area contributed by atoms with Crippen molar-refractivity contribution >= 4 is 42.6 Å². The first-order valence-electron chi connectivity index (χ1n) is 12.6. The van der Waals surface area contributed by atoms with Crippen LogP contribution >= 0.6 is 0 Å². The van der Waals surface area contributed by atoms with Gasteiger partial charge in [-0.2, -0.15) is 0 Å². The lowest BCUT2D eigenvalue weighted by Crippen LogP contribution is -2.42. The van der Waals surface area contributed by atoms with Gasteiger partial charge in [0.25, 0.3) is 5.91 Å². The Labute approximate surface area is 226 Å². The second-order valence-corrected chi connectivity index (χ2v) is 13.8. The first kappa shape index (κ1) is 27.6. The zero-order chi connectivity index (χ0) is 28.1. The molecule has 0 radical (unpaired) electrons. The third-order valence-corrected chi connectivity index (χ3v) is 10.2. The zero-order valence-corrected chi connectivity index (χ0v) is 23.4. The third-order valence-electron chi connectivity index (χ3n) is 7.13. The minimum absolute atomic E-state index is 0.206. The first-order valence-corrected chi connectivity index (χ1v) is 16.0. The highest BCUT2D eigenvalue weighted by atomic mass is 32.2. The van der Waals surface area contributed by atoms with Gasteiger partial charge in [-0.05, 0) is 50.1 Å². The van der Waals surface area contributed by atoms with E-state index in [2.05, 4.69) is 5.32 Å². The molecule has 210 valence electrons. The number of nitrogens with one attached hydrogen (secondary N) is 1. The molecule has 10 nitrogen and oxygen atoms in total. The van der Waals surface area contributed by atoms with Gasteiger partial charge in [-0.3, -0.25) is 9.10 Å². The van der Waals surface area contributed by atoms with Gasteiger partial charge < -0.3 is 14.5 Å². The van der Waals surface area contributed by atoms with Crippen molar-refractivity contribution in [2.45, 2.75) is 32.0 Å². The number of furan rings is 1. The Morgan fingerprint density at radius 1 is 1.10 bits per heavy atom. The van der Waals surface area contributed by atoms with E-state index in [0.717, 1.165) is 23.4 Å². The summed E-state index contributed by atoms with van der Waals surface area (Å²) in [6, 6.07) is 8.66. The molecule has 0 aliphatic carbocycles. The number of carbonyl (C=O) groups is 1. The summed E-state index contributed by atoms with van der Waals surface area (Å²) in [6.45, 7) is 2.39. The summed E-state index contributed by atoms with van der Waals surface area (Å²) in [5, 5.41) is 3.01. The van der Waals surface area contributed by atoms with Crippen LogP contribution in [-0.4, -0.2) is 71.8 Å². The van der Waals surface area contributed by atoms with Crippen molar-refractivity contribution in [2.24, 2.45) is 0 Å². The molecule has 1 amide bonds. The van der Waals surface area contributed by atoms with Crippen LogP contribution in [0, 0.1) is 5.82 Å². The molecule has 3 aromatic rings. The molecule has 2 aliphatic heterocycles. The molecule has 1 saturated heterocycles. The van der Waals surface area contributed by atoms with E-state index in [4.69, 9.17) is 9.15 Å². The Balaban J connectivity index is 1.63. The van der Waals surface area contributed by atoms with E-state index in [9.17, 15) is 26.0 Å². The van der Waals surface area contributed by atoms with Gasteiger partial charge in [0.05, 0.1) is 42.0 Å². The van der Waals surface area contributed by atoms with Crippen molar-refractivity contribution < 1.29 is 35.2 Å². The van der Waals surface area contributed by atoms with Gasteiger partial charge in [-0.1, -0.05) is 0 Å². The molecule has 39 heavy (non-hydrogen) atoms. The average Bonchev–Trinajstić information content (AvgIpc) is 3.51. The van der Waals surface area contributed by atoms with Crippen LogP contribution < -0.4 is 9.62 Å². The number of amides is 1. The van der Waals surface area contributed by atoms with Crippen LogP contribution in [0.5, 0.6) is 0 Å². The topological polar surface area (TPSA) is 126 Å². The molecular weight excluding hydrogens is 549 g/mol. The Morgan fingerprint density at radius 2 is 1.77 bits per heavy atom. The molecule has 1 N–H and O–H groups in total. The quantitative estimate of drug-likeness (QED) is 0.475. The molecule has 1 fully saturated rings. The van der Waals surface area contributed by atoms with Gasteiger partial charge in [0.2, 0.25) is 20.0 Å². The van der Waals surface area contributed by atoms with Crippen molar-refractivity contribution in [3.8, 4) is 11.3 Å². The number of rotatable bonds is 6. The van der Waals surface area contributed by atoms with E-state index < -0.39 is 44.0 Å². The van der Waals surface area contributed by atoms with Gasteiger partial charge in [-0.15, -0.1) is 0 Å². The summed E-state index contributed by atoms with van der Waals surface area (Å²) >= 11 is 0. The summed E-state index contributed by atoms with van der Waals surface area (Å²) in [5.74, 6) is -1.03. The molecular formula is C26H30FN3O7S2. The van der Waals surface area contributed by atoms with Gasteiger partial charge in [-0.25, -0.2) is 25.5 Å². The van der Waals surface area contributed by atoms with Crippen LogP contribution in [0.4, 0.5) is 10.1 Å². The number of carbonyl (C=O) groups excluding carboxylic acids is 1. The maximum absolute atomic E-state index is 13.6. The summed E-state index contributed by atoms with van der Waals surface area (Å²) in [6.07, 6.45) is 0.998. The van der Waals surface area contributed by atoms with Crippen LogP contribution in [0.15, 0.2) is 40.8 Å². The van der Waals surface area contributed by atoms with E-state index >= 15 is 0 Å². The monoisotopic (exact) mass is 579 g/mol. The Morgan fingerprint density at radius 3 is 2.38 bits per heavy atom. The molecule has 13 heteroatoms. The number of ether oxygens (including phenoxy) is 1. The molecule has 0 spiro atoms. The number of nitrogens with zero attached hydrogens (tertiary/aromatic N) is 2. The van der Waals surface area contributed by atoms with E-state index in [1.165, 1.54) is 41.7 Å². The minimum Gasteiger partial charge on any atom is -0.455 e. The first-order chi connectivity index (χ1) is 18.4. The standard InChI is InChI=1S/C26H30FN3O7S2/c1-16-20-12-21-23(37-25(24(21)26(31)28-2)17-6-8-18(27)9-7-17)13-22(20)30(38(3,32)33)14-19(36-16)15-39(34,35)29-10-4-5-11-29/h6-9,12-13,16,19H,4-5,10-11,14-15H2,1-3H3,(H,28,31)/t16-,19-/m0/s1. The van der Waals surface area contributed by atoms with E-state index in [0.29, 0.717) is 29.6 Å². The van der Waals surface area contributed by atoms with Crippen LogP contribution in [0.25, 0.3) is 22.3 Å².